The Hall–Kier alpha value is -2.62. The molecule has 0 aliphatic carbocycles. The second-order valence-corrected chi connectivity index (χ2v) is 5.14. The fraction of sp³-hybridized carbons (Fsp3) is 0.263. The van der Waals surface area contributed by atoms with Gasteiger partial charge in [0.05, 0.1) is 13.0 Å². The predicted molar refractivity (Wildman–Crippen MR) is 90.7 cm³/mol. The smallest absolute Gasteiger partial charge is 0.310 e. The van der Waals surface area contributed by atoms with Gasteiger partial charge >= 0.3 is 5.97 Å². The van der Waals surface area contributed by atoms with Gasteiger partial charge in [0.2, 0.25) is 0 Å². The molecule has 0 radical (unpaired) electrons. The summed E-state index contributed by atoms with van der Waals surface area (Å²) < 4.78 is 4.92. The van der Waals surface area contributed by atoms with Gasteiger partial charge in [-0.05, 0) is 24.6 Å². The van der Waals surface area contributed by atoms with Gasteiger partial charge in [-0.15, -0.1) is 0 Å². The first-order chi connectivity index (χ1) is 11.2. The molecule has 0 saturated carbocycles. The third kappa shape index (κ3) is 5.58. The molecule has 120 valence electrons. The number of carbonyl (C=O) groups excluding carboxylic acids is 2. The fourth-order valence-electron chi connectivity index (χ4n) is 2.21. The Morgan fingerprint density at radius 3 is 2.35 bits per heavy atom. The van der Waals surface area contributed by atoms with Crippen molar-refractivity contribution in [1.29, 1.82) is 0 Å². The van der Waals surface area contributed by atoms with Crippen LogP contribution in [0.15, 0.2) is 54.6 Å². The molecule has 0 aliphatic heterocycles. The molecule has 0 saturated heterocycles. The van der Waals surface area contributed by atoms with Gasteiger partial charge in [-0.1, -0.05) is 42.5 Å². The summed E-state index contributed by atoms with van der Waals surface area (Å²) in [5, 5.41) is 3.21. The Labute approximate surface area is 136 Å². The van der Waals surface area contributed by atoms with Crippen LogP contribution in [-0.2, 0) is 16.0 Å². The number of esters is 1. The standard InChI is InChI=1S/C19H21NO3/c1-2-23-19(22)14-15-8-10-17(11-9-15)20-13-12-18(21)16-6-4-3-5-7-16/h3-11,20H,2,12-14H2,1H3. The number of rotatable bonds is 8. The highest BCUT2D eigenvalue weighted by molar-refractivity contribution is 5.96. The fourth-order valence-corrected chi connectivity index (χ4v) is 2.21. The molecule has 0 fully saturated rings. The molecule has 2 rings (SSSR count). The highest BCUT2D eigenvalue weighted by atomic mass is 16.5. The van der Waals surface area contributed by atoms with E-state index in [4.69, 9.17) is 4.74 Å². The molecule has 0 bridgehead atoms. The molecule has 23 heavy (non-hydrogen) atoms. The average molecular weight is 311 g/mol. The zero-order valence-electron chi connectivity index (χ0n) is 13.2. The van der Waals surface area contributed by atoms with Gasteiger partial charge in [0, 0.05) is 24.2 Å². The lowest BCUT2D eigenvalue weighted by Gasteiger charge is -2.07. The second-order valence-electron chi connectivity index (χ2n) is 5.14. The van der Waals surface area contributed by atoms with E-state index in [2.05, 4.69) is 5.32 Å². The van der Waals surface area contributed by atoms with E-state index >= 15 is 0 Å². The molecule has 0 heterocycles. The Morgan fingerprint density at radius 1 is 1.00 bits per heavy atom. The van der Waals surface area contributed by atoms with Crippen molar-refractivity contribution in [2.45, 2.75) is 19.8 Å². The van der Waals surface area contributed by atoms with Crippen molar-refractivity contribution >= 4 is 17.4 Å². The Morgan fingerprint density at radius 2 is 1.70 bits per heavy atom. The van der Waals surface area contributed by atoms with E-state index in [-0.39, 0.29) is 18.2 Å². The van der Waals surface area contributed by atoms with Crippen molar-refractivity contribution < 1.29 is 14.3 Å². The minimum absolute atomic E-state index is 0.122. The summed E-state index contributed by atoms with van der Waals surface area (Å²) in [4.78, 5) is 23.4. The number of ether oxygens (including phenoxy) is 1. The van der Waals surface area contributed by atoms with Gasteiger partial charge in [0.15, 0.2) is 5.78 Å². The molecular formula is C19H21NO3. The number of benzene rings is 2. The SMILES string of the molecule is CCOC(=O)Cc1ccc(NCCC(=O)c2ccccc2)cc1. The normalized spacial score (nSPS) is 10.1. The van der Waals surface area contributed by atoms with Crippen LogP contribution in [-0.4, -0.2) is 24.9 Å². The van der Waals surface area contributed by atoms with Crippen LogP contribution in [0.5, 0.6) is 0 Å². The maximum atomic E-state index is 12.0. The molecular weight excluding hydrogens is 290 g/mol. The second kappa shape index (κ2) is 8.73. The topological polar surface area (TPSA) is 55.4 Å². The number of Topliss-reactive ketones (excluding diaryl/α,β-unsaturated/α-hetero) is 1. The molecule has 1 N–H and O–H groups in total. The van der Waals surface area contributed by atoms with E-state index in [9.17, 15) is 9.59 Å². The summed E-state index contributed by atoms with van der Waals surface area (Å²) in [6, 6.07) is 16.9. The first-order valence-corrected chi connectivity index (χ1v) is 7.75. The number of hydrogen-bond donors (Lipinski definition) is 1. The zero-order valence-corrected chi connectivity index (χ0v) is 13.2. The van der Waals surface area contributed by atoms with Crippen LogP contribution < -0.4 is 5.32 Å². The van der Waals surface area contributed by atoms with Crippen LogP contribution in [0.25, 0.3) is 0 Å². The maximum absolute atomic E-state index is 12.0. The lowest BCUT2D eigenvalue weighted by molar-refractivity contribution is -0.142. The first kappa shape index (κ1) is 16.7. The van der Waals surface area contributed by atoms with E-state index in [0.29, 0.717) is 19.6 Å². The van der Waals surface area contributed by atoms with E-state index in [1.165, 1.54) is 0 Å². The van der Waals surface area contributed by atoms with Crippen LogP contribution in [0.4, 0.5) is 5.69 Å². The van der Waals surface area contributed by atoms with Crippen molar-refractivity contribution in [2.75, 3.05) is 18.5 Å². The summed E-state index contributed by atoms with van der Waals surface area (Å²) in [5.41, 5.74) is 2.58. The monoisotopic (exact) mass is 311 g/mol. The molecule has 0 atom stereocenters. The van der Waals surface area contributed by atoms with Crippen molar-refractivity contribution in [2.24, 2.45) is 0 Å². The summed E-state index contributed by atoms with van der Waals surface area (Å²) in [6.45, 7) is 2.76. The van der Waals surface area contributed by atoms with Crippen LogP contribution >= 0.6 is 0 Å². The lowest BCUT2D eigenvalue weighted by Crippen LogP contribution is -2.09. The molecule has 2 aromatic carbocycles. The van der Waals surface area contributed by atoms with Crippen molar-refractivity contribution in [3.8, 4) is 0 Å². The maximum Gasteiger partial charge on any atom is 0.310 e. The number of nitrogens with one attached hydrogen (secondary N) is 1. The minimum Gasteiger partial charge on any atom is -0.466 e. The number of hydrogen-bond acceptors (Lipinski definition) is 4. The molecule has 4 nitrogen and oxygen atoms in total. The van der Waals surface area contributed by atoms with Gasteiger partial charge in [0.25, 0.3) is 0 Å². The zero-order chi connectivity index (χ0) is 16.5. The van der Waals surface area contributed by atoms with E-state index in [1.54, 1.807) is 6.92 Å². The van der Waals surface area contributed by atoms with E-state index in [0.717, 1.165) is 16.8 Å². The van der Waals surface area contributed by atoms with Gasteiger partial charge in [-0.2, -0.15) is 0 Å². The van der Waals surface area contributed by atoms with Crippen LogP contribution in [0.3, 0.4) is 0 Å². The molecule has 0 aromatic heterocycles. The first-order valence-electron chi connectivity index (χ1n) is 7.75. The summed E-state index contributed by atoms with van der Waals surface area (Å²) in [5.74, 6) is -0.0984. The van der Waals surface area contributed by atoms with Crippen molar-refractivity contribution in [1.82, 2.24) is 0 Å². The predicted octanol–water partition coefficient (Wildman–Crippen LogP) is 3.48. The summed E-state index contributed by atoms with van der Waals surface area (Å²) in [7, 11) is 0. The van der Waals surface area contributed by atoms with Crippen molar-refractivity contribution in [3.05, 3.63) is 65.7 Å². The van der Waals surface area contributed by atoms with Gasteiger partial charge in [-0.3, -0.25) is 9.59 Å². The number of ketones is 1. The third-order valence-corrected chi connectivity index (χ3v) is 3.38. The highest BCUT2D eigenvalue weighted by Crippen LogP contribution is 2.11. The lowest BCUT2D eigenvalue weighted by atomic mass is 10.1. The van der Waals surface area contributed by atoms with Gasteiger partial charge < -0.3 is 10.1 Å². The van der Waals surface area contributed by atoms with Crippen LogP contribution in [0.2, 0.25) is 0 Å². The van der Waals surface area contributed by atoms with E-state index < -0.39 is 0 Å². The number of carbonyl (C=O) groups is 2. The quantitative estimate of drug-likeness (QED) is 0.599. The average Bonchev–Trinajstić information content (AvgIpc) is 2.57. The van der Waals surface area contributed by atoms with Crippen molar-refractivity contribution in [3.63, 3.8) is 0 Å². The molecule has 2 aromatic rings. The Kier molecular flexibility index (Phi) is 6.36. The highest BCUT2D eigenvalue weighted by Gasteiger charge is 2.05. The minimum atomic E-state index is -0.221. The molecule has 0 aliphatic rings. The molecule has 4 heteroatoms. The van der Waals surface area contributed by atoms with Gasteiger partial charge in [0.1, 0.15) is 0 Å². The van der Waals surface area contributed by atoms with E-state index in [1.807, 2.05) is 54.6 Å². The third-order valence-electron chi connectivity index (χ3n) is 3.38. The molecule has 0 unspecified atom stereocenters. The summed E-state index contributed by atoms with van der Waals surface area (Å²) in [6.07, 6.45) is 0.717. The molecule has 0 spiro atoms. The van der Waals surface area contributed by atoms with Crippen LogP contribution in [0.1, 0.15) is 29.3 Å². The molecule has 0 amide bonds. The summed E-state index contributed by atoms with van der Waals surface area (Å²) >= 11 is 0. The van der Waals surface area contributed by atoms with Gasteiger partial charge in [-0.25, -0.2) is 0 Å². The number of anilines is 1. The van der Waals surface area contributed by atoms with Crippen LogP contribution in [0, 0.1) is 0 Å². The largest absolute Gasteiger partial charge is 0.466 e. The Balaban J connectivity index is 1.78. The Bertz CT molecular complexity index is 635.